The summed E-state index contributed by atoms with van der Waals surface area (Å²) < 4.78 is 5.54. The largest absolute Gasteiger partial charge is 0.461 e. The summed E-state index contributed by atoms with van der Waals surface area (Å²) >= 11 is 0. The van der Waals surface area contributed by atoms with Crippen molar-refractivity contribution < 1.29 is 4.42 Å². The molecule has 0 N–H and O–H groups in total. The van der Waals surface area contributed by atoms with Crippen LogP contribution < -0.4 is 0 Å². The minimum absolute atomic E-state index is 0.845. The first-order valence-electron chi connectivity index (χ1n) is 4.37. The average molecular weight is 183 g/mol. The van der Waals surface area contributed by atoms with Crippen molar-refractivity contribution in [3.63, 3.8) is 0 Å². The Morgan fingerprint density at radius 2 is 2.14 bits per heavy atom. The van der Waals surface area contributed by atoms with Gasteiger partial charge in [-0.2, -0.15) is 5.26 Å². The average Bonchev–Trinajstić information content (AvgIpc) is 2.51. The Morgan fingerprint density at radius 3 is 2.93 bits per heavy atom. The van der Waals surface area contributed by atoms with Crippen molar-refractivity contribution in [3.8, 4) is 6.07 Å². The van der Waals surface area contributed by atoms with Gasteiger partial charge in [0, 0.05) is 17.0 Å². The Bertz CT molecular complexity index is 529. The van der Waals surface area contributed by atoms with Gasteiger partial charge < -0.3 is 4.42 Å². The molecule has 0 aliphatic heterocycles. The highest BCUT2D eigenvalue weighted by Crippen LogP contribution is 2.25. The lowest BCUT2D eigenvalue weighted by molar-refractivity contribution is 0.577. The molecule has 0 aliphatic carbocycles. The number of hydrogen-bond acceptors (Lipinski definition) is 2. The van der Waals surface area contributed by atoms with Crippen LogP contribution in [0, 0.1) is 18.3 Å². The van der Waals surface area contributed by atoms with Crippen molar-refractivity contribution in [3.05, 3.63) is 41.7 Å². The molecule has 0 amide bonds. The molecule has 0 aliphatic rings. The molecule has 0 atom stereocenters. The van der Waals surface area contributed by atoms with Gasteiger partial charge in [0.25, 0.3) is 0 Å². The fourth-order valence-corrected chi connectivity index (χ4v) is 1.52. The van der Waals surface area contributed by atoms with Crippen molar-refractivity contribution in [2.24, 2.45) is 0 Å². The fourth-order valence-electron chi connectivity index (χ4n) is 1.52. The molecular formula is C12H9NO. The van der Waals surface area contributed by atoms with Gasteiger partial charge in [-0.1, -0.05) is 18.2 Å². The minimum atomic E-state index is 0.845. The summed E-state index contributed by atoms with van der Waals surface area (Å²) in [6, 6.07) is 9.78. The van der Waals surface area contributed by atoms with Crippen LogP contribution in [0.25, 0.3) is 17.0 Å². The number of para-hydroxylation sites is 1. The number of nitriles is 1. The van der Waals surface area contributed by atoms with Crippen LogP contribution in [0.2, 0.25) is 0 Å². The van der Waals surface area contributed by atoms with Crippen molar-refractivity contribution in [1.82, 2.24) is 0 Å². The minimum Gasteiger partial charge on any atom is -0.461 e. The van der Waals surface area contributed by atoms with Gasteiger partial charge in [-0.25, -0.2) is 0 Å². The number of nitrogens with zero attached hydrogens (tertiary/aromatic N) is 1. The molecule has 0 bridgehead atoms. The van der Waals surface area contributed by atoms with Gasteiger partial charge in [0.1, 0.15) is 11.3 Å². The summed E-state index contributed by atoms with van der Waals surface area (Å²) in [4.78, 5) is 0. The van der Waals surface area contributed by atoms with Crippen LogP contribution in [-0.4, -0.2) is 0 Å². The number of allylic oxidation sites excluding steroid dienone is 1. The Labute approximate surface area is 82.1 Å². The zero-order valence-corrected chi connectivity index (χ0v) is 7.82. The lowest BCUT2D eigenvalue weighted by Crippen LogP contribution is -1.71. The summed E-state index contributed by atoms with van der Waals surface area (Å²) in [5.74, 6) is 0.845. The predicted octanol–water partition coefficient (Wildman–Crippen LogP) is 3.28. The monoisotopic (exact) mass is 183 g/mol. The first-order valence-corrected chi connectivity index (χ1v) is 4.37. The second-order valence-corrected chi connectivity index (χ2v) is 3.03. The van der Waals surface area contributed by atoms with Crippen LogP contribution in [0.5, 0.6) is 0 Å². The van der Waals surface area contributed by atoms with E-state index in [1.807, 2.05) is 37.3 Å². The molecule has 0 radical (unpaired) electrons. The second kappa shape index (κ2) is 3.39. The van der Waals surface area contributed by atoms with E-state index in [4.69, 9.17) is 9.68 Å². The Kier molecular flexibility index (Phi) is 2.08. The molecule has 68 valence electrons. The SMILES string of the molecule is Cc1oc2ccccc2c1/C=C/C#N. The number of rotatable bonds is 1. The zero-order chi connectivity index (χ0) is 9.97. The normalized spacial score (nSPS) is 10.9. The van der Waals surface area contributed by atoms with Gasteiger partial charge in [-0.3, -0.25) is 0 Å². The van der Waals surface area contributed by atoms with Gasteiger partial charge >= 0.3 is 0 Å². The van der Waals surface area contributed by atoms with E-state index in [1.165, 1.54) is 6.08 Å². The van der Waals surface area contributed by atoms with Crippen LogP contribution in [-0.2, 0) is 0 Å². The Hall–Kier alpha value is -2.01. The van der Waals surface area contributed by atoms with Gasteiger partial charge in [0.05, 0.1) is 6.07 Å². The lowest BCUT2D eigenvalue weighted by Gasteiger charge is -1.87. The lowest BCUT2D eigenvalue weighted by atomic mass is 10.1. The predicted molar refractivity (Wildman–Crippen MR) is 55.6 cm³/mol. The summed E-state index contributed by atoms with van der Waals surface area (Å²) in [7, 11) is 0. The third kappa shape index (κ3) is 1.29. The van der Waals surface area contributed by atoms with E-state index in [0.29, 0.717) is 0 Å². The quantitative estimate of drug-likeness (QED) is 0.636. The summed E-state index contributed by atoms with van der Waals surface area (Å²) in [5.41, 5.74) is 1.85. The molecule has 2 rings (SSSR count). The van der Waals surface area contributed by atoms with Gasteiger partial charge in [0.15, 0.2) is 0 Å². The standard InChI is InChI=1S/C12H9NO/c1-9-10(6-4-8-13)11-5-2-3-7-12(11)14-9/h2-7H,1H3/b6-4+. The van der Waals surface area contributed by atoms with Crippen molar-refractivity contribution in [2.75, 3.05) is 0 Å². The summed E-state index contributed by atoms with van der Waals surface area (Å²) in [6.45, 7) is 1.90. The van der Waals surface area contributed by atoms with E-state index in [1.54, 1.807) is 6.08 Å². The smallest absolute Gasteiger partial charge is 0.134 e. The first kappa shape index (κ1) is 8.58. The molecule has 0 spiro atoms. The van der Waals surface area contributed by atoms with Crippen molar-refractivity contribution in [1.29, 1.82) is 5.26 Å². The number of benzene rings is 1. The Morgan fingerprint density at radius 1 is 1.36 bits per heavy atom. The Balaban J connectivity index is 2.69. The fraction of sp³-hybridized carbons (Fsp3) is 0.0833. The van der Waals surface area contributed by atoms with E-state index in [-0.39, 0.29) is 0 Å². The summed E-state index contributed by atoms with van der Waals surface area (Å²) in [6.07, 6.45) is 3.24. The number of hydrogen-bond donors (Lipinski definition) is 0. The van der Waals surface area contributed by atoms with Crippen LogP contribution in [0.15, 0.2) is 34.8 Å². The number of furan rings is 1. The van der Waals surface area contributed by atoms with Crippen LogP contribution in [0.3, 0.4) is 0 Å². The zero-order valence-electron chi connectivity index (χ0n) is 7.82. The molecule has 2 nitrogen and oxygen atoms in total. The topological polar surface area (TPSA) is 36.9 Å². The van der Waals surface area contributed by atoms with Crippen LogP contribution in [0.4, 0.5) is 0 Å². The molecule has 1 aromatic heterocycles. The molecule has 0 unspecified atom stereocenters. The molecule has 2 heteroatoms. The maximum Gasteiger partial charge on any atom is 0.134 e. The van der Waals surface area contributed by atoms with E-state index in [2.05, 4.69) is 0 Å². The van der Waals surface area contributed by atoms with Gasteiger partial charge in [0.2, 0.25) is 0 Å². The van der Waals surface area contributed by atoms with E-state index in [9.17, 15) is 0 Å². The third-order valence-electron chi connectivity index (χ3n) is 2.14. The second-order valence-electron chi connectivity index (χ2n) is 3.03. The van der Waals surface area contributed by atoms with E-state index in [0.717, 1.165) is 22.3 Å². The van der Waals surface area contributed by atoms with Gasteiger partial charge in [-0.05, 0) is 19.1 Å². The number of aryl methyl sites for hydroxylation is 1. The van der Waals surface area contributed by atoms with E-state index >= 15 is 0 Å². The molecular weight excluding hydrogens is 174 g/mol. The molecule has 0 fully saturated rings. The molecule has 0 saturated heterocycles. The highest BCUT2D eigenvalue weighted by molar-refractivity contribution is 5.88. The van der Waals surface area contributed by atoms with Crippen LogP contribution >= 0.6 is 0 Å². The molecule has 2 aromatic rings. The highest BCUT2D eigenvalue weighted by atomic mass is 16.3. The van der Waals surface area contributed by atoms with Crippen LogP contribution in [0.1, 0.15) is 11.3 Å². The van der Waals surface area contributed by atoms with Crippen molar-refractivity contribution >= 4 is 17.0 Å². The maximum atomic E-state index is 8.46. The first-order chi connectivity index (χ1) is 6.83. The third-order valence-corrected chi connectivity index (χ3v) is 2.14. The summed E-state index contributed by atoms with van der Waals surface area (Å²) in [5, 5.41) is 9.51. The molecule has 1 aromatic carbocycles. The number of fused-ring (bicyclic) bond motifs is 1. The maximum absolute atomic E-state index is 8.46. The highest BCUT2D eigenvalue weighted by Gasteiger charge is 2.06. The molecule has 1 heterocycles. The molecule has 14 heavy (non-hydrogen) atoms. The van der Waals surface area contributed by atoms with Gasteiger partial charge in [-0.15, -0.1) is 0 Å². The van der Waals surface area contributed by atoms with E-state index < -0.39 is 0 Å². The van der Waals surface area contributed by atoms with Crippen molar-refractivity contribution in [2.45, 2.75) is 6.92 Å². The molecule has 0 saturated carbocycles.